The molecule has 2 nitrogen and oxygen atoms in total. The van der Waals surface area contributed by atoms with E-state index >= 15 is 0 Å². The van der Waals surface area contributed by atoms with E-state index in [1.807, 2.05) is 0 Å². The van der Waals surface area contributed by atoms with Crippen LogP contribution in [0.3, 0.4) is 0 Å². The molecule has 0 saturated heterocycles. The summed E-state index contributed by atoms with van der Waals surface area (Å²) in [5, 5.41) is 8.48. The minimum absolute atomic E-state index is 0. The molecule has 0 aromatic carbocycles. The number of allylic oxidation sites excluding steroid dienone is 2. The molecule has 0 aromatic rings. The molecule has 0 saturated carbocycles. The van der Waals surface area contributed by atoms with Crippen LogP contribution in [0.2, 0.25) is 0 Å². The van der Waals surface area contributed by atoms with Gasteiger partial charge in [-0.2, -0.15) is 0 Å². The van der Waals surface area contributed by atoms with Gasteiger partial charge in [-0.25, -0.2) is 0 Å². The molecular weight excluding hydrogens is 248 g/mol. The standard InChI is InChI=1S/C16H30O2.Mg.2H/c1-2-3-4-5-6-7-8-9-10-11-12-13-14-15-16(17)18;;;/h7-8H,2-6,9-15H2,1H3,(H,17,18);;;/q;+2;2*-1/b8-7-;;;. The monoisotopic (exact) mass is 280 g/mol. The number of carboxylic acids is 1. The molecule has 0 radical (unpaired) electrons. The fourth-order valence-corrected chi connectivity index (χ4v) is 1.99. The third-order valence-electron chi connectivity index (χ3n) is 3.15. The van der Waals surface area contributed by atoms with E-state index in [-0.39, 0.29) is 25.9 Å². The summed E-state index contributed by atoms with van der Waals surface area (Å²) in [7, 11) is 0. The third-order valence-corrected chi connectivity index (χ3v) is 3.15. The average molecular weight is 281 g/mol. The van der Waals surface area contributed by atoms with E-state index in [0.717, 1.165) is 12.8 Å². The molecule has 0 unspecified atom stereocenters. The molecule has 19 heavy (non-hydrogen) atoms. The zero-order chi connectivity index (χ0) is 13.5. The molecule has 0 aliphatic rings. The van der Waals surface area contributed by atoms with E-state index in [1.165, 1.54) is 57.8 Å². The molecule has 0 aromatic heterocycles. The maximum Gasteiger partial charge on any atom is 2.00 e. The summed E-state index contributed by atoms with van der Waals surface area (Å²) < 4.78 is 0. The largest absolute Gasteiger partial charge is 2.00 e. The zero-order valence-electron chi connectivity index (χ0n) is 14.7. The predicted octanol–water partition coefficient (Wildman–Crippen LogP) is 5.17. The molecular formula is C16H32MgO2. The van der Waals surface area contributed by atoms with Gasteiger partial charge in [0.05, 0.1) is 0 Å². The van der Waals surface area contributed by atoms with Gasteiger partial charge in [0.2, 0.25) is 0 Å². The second-order valence-corrected chi connectivity index (χ2v) is 5.02. The van der Waals surface area contributed by atoms with Gasteiger partial charge in [-0.1, -0.05) is 57.6 Å². The van der Waals surface area contributed by atoms with Gasteiger partial charge in [0.1, 0.15) is 0 Å². The van der Waals surface area contributed by atoms with E-state index in [4.69, 9.17) is 5.11 Å². The first kappa shape index (κ1) is 21.3. The van der Waals surface area contributed by atoms with Gasteiger partial charge in [-0.05, 0) is 32.1 Å². The van der Waals surface area contributed by atoms with Gasteiger partial charge in [0.25, 0.3) is 0 Å². The molecule has 0 rings (SSSR count). The minimum Gasteiger partial charge on any atom is -1.00 e. The zero-order valence-corrected chi connectivity index (χ0v) is 14.1. The van der Waals surface area contributed by atoms with Crippen LogP contribution in [0.5, 0.6) is 0 Å². The Kier molecular flexibility index (Phi) is 20.1. The van der Waals surface area contributed by atoms with Crippen LogP contribution in [0, 0.1) is 0 Å². The van der Waals surface area contributed by atoms with Crippen LogP contribution in [0.25, 0.3) is 0 Å². The smallest absolute Gasteiger partial charge is 1.00 e. The van der Waals surface area contributed by atoms with Crippen molar-refractivity contribution in [3.05, 3.63) is 12.2 Å². The molecule has 0 fully saturated rings. The molecule has 0 aliphatic carbocycles. The van der Waals surface area contributed by atoms with Crippen molar-refractivity contribution in [1.29, 1.82) is 0 Å². The Morgan fingerprint density at radius 1 is 0.895 bits per heavy atom. The third kappa shape index (κ3) is 20.5. The topological polar surface area (TPSA) is 37.3 Å². The fraction of sp³-hybridized carbons (Fsp3) is 0.812. The first-order valence-electron chi connectivity index (χ1n) is 7.64. The molecule has 0 bridgehead atoms. The van der Waals surface area contributed by atoms with Crippen LogP contribution in [-0.2, 0) is 4.79 Å². The van der Waals surface area contributed by atoms with Gasteiger partial charge in [0, 0.05) is 6.42 Å². The maximum absolute atomic E-state index is 10.3. The molecule has 0 spiro atoms. The van der Waals surface area contributed by atoms with Gasteiger partial charge < -0.3 is 7.96 Å². The van der Waals surface area contributed by atoms with Crippen LogP contribution in [0.15, 0.2) is 12.2 Å². The fourth-order valence-electron chi connectivity index (χ4n) is 1.99. The Hall–Kier alpha value is -0.0238. The first-order chi connectivity index (χ1) is 8.77. The molecule has 0 atom stereocenters. The van der Waals surface area contributed by atoms with Crippen LogP contribution in [0.1, 0.15) is 86.8 Å². The average Bonchev–Trinajstić information content (AvgIpc) is 2.34. The number of aliphatic carboxylic acids is 1. The summed E-state index contributed by atoms with van der Waals surface area (Å²) in [6.45, 7) is 2.24. The summed E-state index contributed by atoms with van der Waals surface area (Å²) in [5.41, 5.74) is 0. The van der Waals surface area contributed by atoms with E-state index in [1.54, 1.807) is 0 Å². The SMILES string of the molecule is CCCCCC/C=C\CCCCCCCC(=O)O.[H-].[H-].[Mg+2]. The van der Waals surface area contributed by atoms with Crippen molar-refractivity contribution in [2.24, 2.45) is 0 Å². The first-order valence-corrected chi connectivity index (χ1v) is 7.64. The number of hydrogen-bond acceptors (Lipinski definition) is 1. The molecule has 3 heteroatoms. The number of rotatable bonds is 13. The summed E-state index contributed by atoms with van der Waals surface area (Å²) in [4.78, 5) is 10.3. The van der Waals surface area contributed by atoms with Crippen LogP contribution in [0.4, 0.5) is 0 Å². The second-order valence-electron chi connectivity index (χ2n) is 5.02. The summed E-state index contributed by atoms with van der Waals surface area (Å²) in [6.07, 6.45) is 18.3. The van der Waals surface area contributed by atoms with Crippen molar-refractivity contribution in [3.63, 3.8) is 0 Å². The molecule has 0 amide bonds. The van der Waals surface area contributed by atoms with Crippen molar-refractivity contribution in [1.82, 2.24) is 0 Å². The predicted molar refractivity (Wildman–Crippen MR) is 85.8 cm³/mol. The van der Waals surface area contributed by atoms with Crippen molar-refractivity contribution in [2.75, 3.05) is 0 Å². The number of carbonyl (C=O) groups is 1. The number of hydrogen-bond donors (Lipinski definition) is 1. The van der Waals surface area contributed by atoms with Gasteiger partial charge in [0.15, 0.2) is 0 Å². The van der Waals surface area contributed by atoms with E-state index in [9.17, 15) is 4.79 Å². The van der Waals surface area contributed by atoms with E-state index < -0.39 is 5.97 Å². The summed E-state index contributed by atoms with van der Waals surface area (Å²) in [6, 6.07) is 0. The Morgan fingerprint density at radius 3 is 1.89 bits per heavy atom. The Morgan fingerprint density at radius 2 is 1.37 bits per heavy atom. The van der Waals surface area contributed by atoms with Crippen molar-refractivity contribution in [3.8, 4) is 0 Å². The van der Waals surface area contributed by atoms with Crippen molar-refractivity contribution < 1.29 is 12.8 Å². The quantitative estimate of drug-likeness (QED) is 0.287. The molecule has 1 N–H and O–H groups in total. The summed E-state index contributed by atoms with van der Waals surface area (Å²) in [5.74, 6) is -0.666. The normalized spacial score (nSPS) is 10.6. The van der Waals surface area contributed by atoms with Gasteiger partial charge in [-0.15, -0.1) is 0 Å². The Bertz CT molecular complexity index is 224. The van der Waals surface area contributed by atoms with E-state index in [2.05, 4.69) is 19.1 Å². The van der Waals surface area contributed by atoms with Gasteiger partial charge in [-0.3, -0.25) is 4.79 Å². The Balaban J connectivity index is -0.000000482. The van der Waals surface area contributed by atoms with Gasteiger partial charge >= 0.3 is 29.0 Å². The Labute approximate surface area is 138 Å². The number of unbranched alkanes of at least 4 members (excludes halogenated alkanes) is 9. The minimum atomic E-state index is -0.666. The van der Waals surface area contributed by atoms with Crippen molar-refractivity contribution >= 4 is 29.0 Å². The molecule has 0 aliphatic heterocycles. The van der Waals surface area contributed by atoms with Crippen LogP contribution >= 0.6 is 0 Å². The molecule has 110 valence electrons. The number of carboxylic acid groups (broad SMARTS) is 1. The van der Waals surface area contributed by atoms with E-state index in [0.29, 0.717) is 6.42 Å². The molecule has 0 heterocycles. The maximum atomic E-state index is 10.3. The van der Waals surface area contributed by atoms with Crippen LogP contribution in [-0.4, -0.2) is 34.1 Å². The second kappa shape index (κ2) is 18.0. The van der Waals surface area contributed by atoms with Crippen molar-refractivity contribution in [2.45, 2.75) is 84.0 Å². The summed E-state index contributed by atoms with van der Waals surface area (Å²) >= 11 is 0. The van der Waals surface area contributed by atoms with Crippen LogP contribution < -0.4 is 0 Å².